The molecule has 0 radical (unpaired) electrons. The second kappa shape index (κ2) is 6.96. The minimum absolute atomic E-state index is 0.0687. The molecule has 3 unspecified atom stereocenters. The number of hydrogen-bond acceptors (Lipinski definition) is 9. The van der Waals surface area contributed by atoms with Crippen molar-refractivity contribution < 1.29 is 28.3 Å². The van der Waals surface area contributed by atoms with Crippen LogP contribution in [0.3, 0.4) is 0 Å². The molecule has 164 valence electrons. The van der Waals surface area contributed by atoms with Crippen LogP contribution in [0.2, 0.25) is 0 Å². The Hall–Kier alpha value is -3.11. The first-order valence-electron chi connectivity index (χ1n) is 10.2. The number of nitrogens with zero attached hydrogens (tertiary/aromatic N) is 1. The number of methoxy groups -OCH3 is 1. The summed E-state index contributed by atoms with van der Waals surface area (Å²) >= 11 is 0. The van der Waals surface area contributed by atoms with E-state index in [2.05, 4.69) is 10.6 Å². The predicted octanol–water partition coefficient (Wildman–Crippen LogP) is -0.185. The average molecular weight is 428 g/mol. The molecule has 4 atom stereocenters. The van der Waals surface area contributed by atoms with Gasteiger partial charge in [0.05, 0.1) is 29.6 Å². The lowest BCUT2D eigenvalue weighted by Crippen LogP contribution is -2.55. The normalized spacial score (nSPS) is 31.0. The van der Waals surface area contributed by atoms with E-state index < -0.39 is 17.7 Å². The van der Waals surface area contributed by atoms with E-state index >= 15 is 0 Å². The van der Waals surface area contributed by atoms with Crippen LogP contribution in [0.15, 0.2) is 45.4 Å². The predicted molar refractivity (Wildman–Crippen MR) is 106 cm³/mol. The molecule has 1 aromatic heterocycles. The van der Waals surface area contributed by atoms with Gasteiger partial charge in [0, 0.05) is 43.8 Å². The van der Waals surface area contributed by atoms with Gasteiger partial charge in [-0.2, -0.15) is 0 Å². The Balaban J connectivity index is 1.47. The number of primary amides is 1. The molecule has 2 saturated heterocycles. The number of nitrogens with two attached hydrogens (primary N) is 1. The molecule has 10 heteroatoms. The van der Waals surface area contributed by atoms with Crippen molar-refractivity contribution in [3.63, 3.8) is 0 Å². The summed E-state index contributed by atoms with van der Waals surface area (Å²) in [6.07, 6.45) is 1.21. The van der Waals surface area contributed by atoms with Crippen LogP contribution in [0.25, 0.3) is 0 Å². The molecular formula is C21H24N4O6. The van der Waals surface area contributed by atoms with E-state index in [4.69, 9.17) is 19.6 Å². The van der Waals surface area contributed by atoms with Crippen molar-refractivity contribution in [3.05, 3.63) is 46.7 Å². The number of rotatable bonds is 7. The lowest BCUT2D eigenvalue weighted by molar-refractivity contribution is -0.137. The first kappa shape index (κ1) is 19.8. The third kappa shape index (κ3) is 2.75. The van der Waals surface area contributed by atoms with Gasteiger partial charge in [-0.1, -0.05) is 0 Å². The van der Waals surface area contributed by atoms with Crippen LogP contribution in [0.4, 0.5) is 4.79 Å². The number of ether oxygens (including phenoxy) is 2. The van der Waals surface area contributed by atoms with Gasteiger partial charge < -0.3 is 35.2 Å². The largest absolute Gasteiger partial charge is 0.469 e. The smallest absolute Gasteiger partial charge is 0.404 e. The maximum Gasteiger partial charge on any atom is 0.404 e. The standard InChI is InChI=1S/C21H24N4O6/c1-10-15(23-6-5-11-4-3-7-30-11)18(27)14-12(9-31-20(22)28)21(29-2)19-13(24-19)8-25(21)16(14)17(10)26/h3-4,7,12-13,19,23-24H,5-6,8-9H2,1-2H3,(H2,22,28)/t12?,13?,19?,21-/m1/s1. The summed E-state index contributed by atoms with van der Waals surface area (Å²) in [6, 6.07) is 3.73. The number of furan rings is 1. The van der Waals surface area contributed by atoms with Crippen LogP contribution in [0, 0.1) is 5.92 Å². The molecule has 1 aliphatic carbocycles. The van der Waals surface area contributed by atoms with E-state index in [1.165, 1.54) is 0 Å². The second-order valence-corrected chi connectivity index (χ2v) is 8.18. The minimum Gasteiger partial charge on any atom is -0.469 e. The summed E-state index contributed by atoms with van der Waals surface area (Å²) < 4.78 is 16.4. The molecule has 4 heterocycles. The Morgan fingerprint density at radius 2 is 2.23 bits per heavy atom. The molecule has 1 aromatic rings. The lowest BCUT2D eigenvalue weighted by Gasteiger charge is -2.39. The third-order valence-corrected chi connectivity index (χ3v) is 6.68. The lowest BCUT2D eigenvalue weighted by atomic mass is 9.82. The van der Waals surface area contributed by atoms with Crippen molar-refractivity contribution in [2.45, 2.75) is 31.2 Å². The summed E-state index contributed by atoms with van der Waals surface area (Å²) in [5.41, 5.74) is 5.50. The van der Waals surface area contributed by atoms with Gasteiger partial charge in [-0.3, -0.25) is 9.59 Å². The molecule has 4 N–H and O–H groups in total. The Morgan fingerprint density at radius 1 is 1.42 bits per heavy atom. The highest BCUT2D eigenvalue weighted by atomic mass is 16.6. The van der Waals surface area contributed by atoms with Crippen molar-refractivity contribution in [2.24, 2.45) is 11.7 Å². The van der Waals surface area contributed by atoms with E-state index in [1.807, 2.05) is 11.0 Å². The van der Waals surface area contributed by atoms with Crippen LogP contribution in [0.5, 0.6) is 0 Å². The highest BCUT2D eigenvalue weighted by Gasteiger charge is 2.72. The number of Topliss-reactive ketones (excluding diaryl/α,β-unsaturated/α-hetero) is 2. The summed E-state index contributed by atoms with van der Waals surface area (Å²) in [5, 5.41) is 6.45. The molecule has 4 aliphatic rings. The zero-order chi connectivity index (χ0) is 21.9. The van der Waals surface area contributed by atoms with Crippen molar-refractivity contribution in [3.8, 4) is 0 Å². The third-order valence-electron chi connectivity index (χ3n) is 6.68. The van der Waals surface area contributed by atoms with Gasteiger partial charge >= 0.3 is 6.09 Å². The molecule has 2 fully saturated rings. The van der Waals surface area contributed by atoms with E-state index in [0.29, 0.717) is 36.4 Å². The first-order valence-corrected chi connectivity index (χ1v) is 10.2. The van der Waals surface area contributed by atoms with Gasteiger partial charge in [-0.05, 0) is 19.1 Å². The zero-order valence-corrected chi connectivity index (χ0v) is 17.3. The maximum atomic E-state index is 13.6. The van der Waals surface area contributed by atoms with Gasteiger partial charge in [0.25, 0.3) is 0 Å². The van der Waals surface area contributed by atoms with Crippen LogP contribution in [-0.2, 0) is 25.5 Å². The molecule has 5 rings (SSSR count). The quantitative estimate of drug-likeness (QED) is 0.397. The number of carbonyl (C=O) groups excluding carboxylic acids is 3. The van der Waals surface area contributed by atoms with Crippen molar-refractivity contribution in [1.29, 1.82) is 0 Å². The van der Waals surface area contributed by atoms with Crippen LogP contribution >= 0.6 is 0 Å². The van der Waals surface area contributed by atoms with E-state index in [0.717, 1.165) is 5.76 Å². The highest BCUT2D eigenvalue weighted by molar-refractivity contribution is 6.25. The summed E-state index contributed by atoms with van der Waals surface area (Å²) in [7, 11) is 1.54. The van der Waals surface area contributed by atoms with Crippen molar-refractivity contribution in [1.82, 2.24) is 15.5 Å². The molecular weight excluding hydrogens is 404 g/mol. The summed E-state index contributed by atoms with van der Waals surface area (Å²) in [5.74, 6) is -0.373. The molecule has 0 aromatic carbocycles. The highest BCUT2D eigenvalue weighted by Crippen LogP contribution is 2.55. The number of carbonyl (C=O) groups is 3. The molecule has 0 spiro atoms. The minimum atomic E-state index is -0.972. The second-order valence-electron chi connectivity index (χ2n) is 8.18. The Morgan fingerprint density at radius 3 is 2.90 bits per heavy atom. The Kier molecular flexibility index (Phi) is 4.45. The number of amides is 1. The van der Waals surface area contributed by atoms with Gasteiger partial charge in [-0.25, -0.2) is 4.79 Å². The Labute approximate surface area is 178 Å². The van der Waals surface area contributed by atoms with E-state index in [1.54, 1.807) is 26.4 Å². The molecule has 0 bridgehead atoms. The number of ketones is 2. The topological polar surface area (TPSA) is 146 Å². The van der Waals surface area contributed by atoms with Crippen molar-refractivity contribution in [2.75, 3.05) is 26.8 Å². The number of allylic oxidation sites excluding steroid dienone is 2. The summed E-state index contributed by atoms with van der Waals surface area (Å²) in [4.78, 5) is 40.2. The number of piperazine rings is 1. The van der Waals surface area contributed by atoms with Crippen molar-refractivity contribution >= 4 is 17.7 Å². The fourth-order valence-corrected chi connectivity index (χ4v) is 5.27. The maximum absolute atomic E-state index is 13.6. The monoisotopic (exact) mass is 428 g/mol. The van der Waals surface area contributed by atoms with Gasteiger partial charge in [0.15, 0.2) is 5.72 Å². The number of nitrogens with one attached hydrogen (secondary N) is 2. The molecule has 1 amide bonds. The molecule has 0 saturated carbocycles. The average Bonchev–Trinajstić information content (AvgIpc) is 3.11. The first-order chi connectivity index (χ1) is 14.9. The fourth-order valence-electron chi connectivity index (χ4n) is 5.27. The molecule has 31 heavy (non-hydrogen) atoms. The van der Waals surface area contributed by atoms with E-state index in [9.17, 15) is 14.4 Å². The van der Waals surface area contributed by atoms with E-state index in [-0.39, 0.29) is 36.0 Å². The number of fused-ring (bicyclic) bond motifs is 4. The fraction of sp³-hybridized carbons (Fsp3) is 0.476. The molecule has 3 aliphatic heterocycles. The SMILES string of the molecule is CO[C@@]12C(COC(N)=O)C3=C(C(=O)C(C)=C(NCCc4ccco4)C3=O)N1CC1NC12. The van der Waals surface area contributed by atoms with Crippen LogP contribution < -0.4 is 16.4 Å². The zero-order valence-electron chi connectivity index (χ0n) is 17.3. The Bertz CT molecular complexity index is 1030. The summed E-state index contributed by atoms with van der Waals surface area (Å²) in [6.45, 7) is 2.46. The molecule has 10 nitrogen and oxygen atoms in total. The van der Waals surface area contributed by atoms with Crippen LogP contribution in [0.1, 0.15) is 12.7 Å². The van der Waals surface area contributed by atoms with Gasteiger partial charge in [0.1, 0.15) is 12.4 Å². The van der Waals surface area contributed by atoms with Crippen LogP contribution in [-0.4, -0.2) is 67.2 Å². The van der Waals surface area contributed by atoms with Gasteiger partial charge in [0.2, 0.25) is 11.6 Å². The van der Waals surface area contributed by atoms with Gasteiger partial charge in [-0.15, -0.1) is 0 Å². The number of hydrogen-bond donors (Lipinski definition) is 3.